The lowest BCUT2D eigenvalue weighted by Gasteiger charge is -2.36. The van der Waals surface area contributed by atoms with Gasteiger partial charge in [0, 0.05) is 58.1 Å². The molecule has 1 aromatic rings. The van der Waals surface area contributed by atoms with Gasteiger partial charge in [-0.15, -0.1) is 0 Å². The van der Waals surface area contributed by atoms with Gasteiger partial charge in [-0.25, -0.2) is 0 Å². The fourth-order valence-electron chi connectivity index (χ4n) is 2.44. The zero-order valence-electron chi connectivity index (χ0n) is 12.3. The smallest absolute Gasteiger partial charge is 0.251 e. The Labute approximate surface area is 120 Å². The first-order valence-corrected chi connectivity index (χ1v) is 7.03. The molecule has 110 valence electrons. The van der Waals surface area contributed by atoms with Crippen LogP contribution in [0.5, 0.6) is 0 Å². The highest BCUT2D eigenvalue weighted by molar-refractivity contribution is 5.94. The Morgan fingerprint density at radius 3 is 2.70 bits per heavy atom. The van der Waals surface area contributed by atoms with E-state index in [0.717, 1.165) is 45.0 Å². The minimum absolute atomic E-state index is 0.0365. The molecule has 0 aromatic heterocycles. The minimum Gasteiger partial charge on any atom is -0.383 e. The molecule has 0 radical (unpaired) electrons. The standard InChI is InChI=1S/C15H23N3O2/c1-16-15(19)13-4-3-5-14(12-13)18-8-6-17(7-9-18)10-11-20-2/h3-5,12H,6-11H2,1-2H3,(H,16,19). The molecule has 1 fully saturated rings. The third kappa shape index (κ3) is 3.71. The van der Waals surface area contributed by atoms with Gasteiger partial charge in [0.25, 0.3) is 5.91 Å². The highest BCUT2D eigenvalue weighted by atomic mass is 16.5. The van der Waals surface area contributed by atoms with Crippen LogP contribution in [0.1, 0.15) is 10.4 Å². The topological polar surface area (TPSA) is 44.8 Å². The van der Waals surface area contributed by atoms with Crippen molar-refractivity contribution >= 4 is 11.6 Å². The summed E-state index contributed by atoms with van der Waals surface area (Å²) in [5.41, 5.74) is 1.84. The fraction of sp³-hybridized carbons (Fsp3) is 0.533. The second-order valence-corrected chi connectivity index (χ2v) is 4.95. The maximum absolute atomic E-state index is 11.7. The van der Waals surface area contributed by atoms with Crippen LogP contribution in [-0.4, -0.2) is 64.3 Å². The van der Waals surface area contributed by atoms with Crippen molar-refractivity contribution in [3.05, 3.63) is 29.8 Å². The summed E-state index contributed by atoms with van der Waals surface area (Å²) in [5, 5.41) is 2.66. The molecule has 0 unspecified atom stereocenters. The van der Waals surface area contributed by atoms with Crippen molar-refractivity contribution in [2.45, 2.75) is 0 Å². The van der Waals surface area contributed by atoms with Crippen molar-refractivity contribution in [1.82, 2.24) is 10.2 Å². The van der Waals surface area contributed by atoms with Gasteiger partial charge in [-0.1, -0.05) is 6.07 Å². The lowest BCUT2D eigenvalue weighted by atomic mass is 10.1. The lowest BCUT2D eigenvalue weighted by Crippen LogP contribution is -2.47. The number of hydrogen-bond donors (Lipinski definition) is 1. The zero-order valence-corrected chi connectivity index (χ0v) is 12.3. The van der Waals surface area contributed by atoms with Gasteiger partial charge in [-0.2, -0.15) is 0 Å². The third-order valence-corrected chi connectivity index (χ3v) is 3.68. The second-order valence-electron chi connectivity index (χ2n) is 4.95. The van der Waals surface area contributed by atoms with Crippen molar-refractivity contribution in [1.29, 1.82) is 0 Å². The highest BCUT2D eigenvalue weighted by Gasteiger charge is 2.17. The zero-order chi connectivity index (χ0) is 14.4. The van der Waals surface area contributed by atoms with Gasteiger partial charge in [-0.05, 0) is 18.2 Å². The van der Waals surface area contributed by atoms with E-state index in [1.54, 1.807) is 14.2 Å². The Morgan fingerprint density at radius 2 is 2.05 bits per heavy atom. The number of rotatable bonds is 5. The third-order valence-electron chi connectivity index (χ3n) is 3.68. The van der Waals surface area contributed by atoms with Crippen LogP contribution in [0.2, 0.25) is 0 Å². The SMILES string of the molecule is CNC(=O)c1cccc(N2CCN(CCOC)CC2)c1. The Morgan fingerprint density at radius 1 is 1.30 bits per heavy atom. The maximum atomic E-state index is 11.7. The first kappa shape index (κ1) is 14.8. The number of carbonyl (C=O) groups excluding carboxylic acids is 1. The summed E-state index contributed by atoms with van der Waals surface area (Å²) in [6, 6.07) is 7.81. The minimum atomic E-state index is -0.0365. The average Bonchev–Trinajstić information content (AvgIpc) is 2.52. The summed E-state index contributed by atoms with van der Waals surface area (Å²) in [5.74, 6) is -0.0365. The number of carbonyl (C=O) groups is 1. The molecule has 1 aliphatic rings. The molecule has 1 amide bonds. The lowest BCUT2D eigenvalue weighted by molar-refractivity contribution is 0.0963. The number of methoxy groups -OCH3 is 1. The van der Waals surface area contributed by atoms with Crippen LogP contribution in [0.4, 0.5) is 5.69 Å². The first-order chi connectivity index (χ1) is 9.74. The molecule has 0 spiro atoms. The fourth-order valence-corrected chi connectivity index (χ4v) is 2.44. The van der Waals surface area contributed by atoms with E-state index in [9.17, 15) is 4.79 Å². The summed E-state index contributed by atoms with van der Waals surface area (Å²) in [4.78, 5) is 16.4. The molecule has 5 nitrogen and oxygen atoms in total. The Bertz CT molecular complexity index is 442. The number of amides is 1. The molecule has 1 N–H and O–H groups in total. The molecule has 0 aliphatic carbocycles. The quantitative estimate of drug-likeness (QED) is 0.865. The van der Waals surface area contributed by atoms with Crippen molar-refractivity contribution in [2.24, 2.45) is 0 Å². The van der Waals surface area contributed by atoms with Gasteiger partial charge in [-0.3, -0.25) is 9.69 Å². The molecule has 1 aliphatic heterocycles. The van der Waals surface area contributed by atoms with Gasteiger partial charge in [0.2, 0.25) is 0 Å². The molecule has 1 saturated heterocycles. The van der Waals surface area contributed by atoms with Crippen LogP contribution in [0.3, 0.4) is 0 Å². The number of piperazine rings is 1. The number of nitrogens with zero attached hydrogens (tertiary/aromatic N) is 2. The Kier molecular flexibility index (Phi) is 5.38. The van der Waals surface area contributed by atoms with Crippen LogP contribution < -0.4 is 10.2 Å². The van der Waals surface area contributed by atoms with Gasteiger partial charge in [0.15, 0.2) is 0 Å². The van der Waals surface area contributed by atoms with Crippen LogP contribution in [0.15, 0.2) is 24.3 Å². The van der Waals surface area contributed by atoms with E-state index in [1.807, 2.05) is 18.2 Å². The number of benzene rings is 1. The van der Waals surface area contributed by atoms with Crippen LogP contribution in [-0.2, 0) is 4.74 Å². The number of hydrogen-bond acceptors (Lipinski definition) is 4. The van der Waals surface area contributed by atoms with Crippen LogP contribution in [0, 0.1) is 0 Å². The molecule has 0 saturated carbocycles. The number of nitrogens with one attached hydrogen (secondary N) is 1. The van der Waals surface area contributed by atoms with Crippen molar-refractivity contribution in [3.63, 3.8) is 0 Å². The van der Waals surface area contributed by atoms with Crippen molar-refractivity contribution in [2.75, 3.05) is 58.4 Å². The molecule has 1 heterocycles. The average molecular weight is 277 g/mol. The number of ether oxygens (including phenoxy) is 1. The van der Waals surface area contributed by atoms with Gasteiger partial charge >= 0.3 is 0 Å². The van der Waals surface area contributed by atoms with E-state index < -0.39 is 0 Å². The van der Waals surface area contributed by atoms with E-state index in [-0.39, 0.29) is 5.91 Å². The van der Waals surface area contributed by atoms with Gasteiger partial charge in [0.1, 0.15) is 0 Å². The van der Waals surface area contributed by atoms with Gasteiger partial charge in [0.05, 0.1) is 6.61 Å². The molecular weight excluding hydrogens is 254 g/mol. The van der Waals surface area contributed by atoms with Crippen molar-refractivity contribution < 1.29 is 9.53 Å². The summed E-state index contributed by atoms with van der Waals surface area (Å²) in [6.07, 6.45) is 0. The van der Waals surface area contributed by atoms with Gasteiger partial charge < -0.3 is 15.0 Å². The highest BCUT2D eigenvalue weighted by Crippen LogP contribution is 2.18. The van der Waals surface area contributed by atoms with Crippen LogP contribution in [0.25, 0.3) is 0 Å². The van der Waals surface area contributed by atoms with E-state index >= 15 is 0 Å². The molecule has 1 aromatic carbocycles. The van der Waals surface area contributed by atoms with E-state index in [0.29, 0.717) is 5.56 Å². The summed E-state index contributed by atoms with van der Waals surface area (Å²) < 4.78 is 5.11. The molecule has 2 rings (SSSR count). The first-order valence-electron chi connectivity index (χ1n) is 7.03. The van der Waals surface area contributed by atoms with E-state index in [2.05, 4.69) is 21.2 Å². The largest absolute Gasteiger partial charge is 0.383 e. The molecule has 0 bridgehead atoms. The predicted octanol–water partition coefficient (Wildman–Crippen LogP) is 0.815. The maximum Gasteiger partial charge on any atom is 0.251 e. The molecule has 5 heteroatoms. The van der Waals surface area contributed by atoms with E-state index in [1.165, 1.54) is 0 Å². The Balaban J connectivity index is 1.95. The summed E-state index contributed by atoms with van der Waals surface area (Å²) >= 11 is 0. The Hall–Kier alpha value is -1.59. The van der Waals surface area contributed by atoms with E-state index in [4.69, 9.17) is 4.74 Å². The molecule has 0 atom stereocenters. The predicted molar refractivity (Wildman–Crippen MR) is 80.4 cm³/mol. The second kappa shape index (κ2) is 7.26. The van der Waals surface area contributed by atoms with Crippen LogP contribution >= 0.6 is 0 Å². The summed E-state index contributed by atoms with van der Waals surface area (Å²) in [6.45, 7) is 5.82. The number of anilines is 1. The molecule has 20 heavy (non-hydrogen) atoms. The summed E-state index contributed by atoms with van der Waals surface area (Å²) in [7, 11) is 3.39. The molecular formula is C15H23N3O2. The monoisotopic (exact) mass is 277 g/mol. The normalized spacial score (nSPS) is 16.2. The van der Waals surface area contributed by atoms with Crippen molar-refractivity contribution in [3.8, 4) is 0 Å².